The summed E-state index contributed by atoms with van der Waals surface area (Å²) in [6.45, 7) is 2.45. The van der Waals surface area contributed by atoms with E-state index in [4.69, 9.17) is 4.98 Å². The van der Waals surface area contributed by atoms with Crippen LogP contribution < -0.4 is 9.80 Å². The van der Waals surface area contributed by atoms with Crippen molar-refractivity contribution in [3.05, 3.63) is 52.9 Å². The van der Waals surface area contributed by atoms with Crippen LogP contribution in [0.25, 0.3) is 11.2 Å². The van der Waals surface area contributed by atoms with Gasteiger partial charge < -0.3 is 14.4 Å². The van der Waals surface area contributed by atoms with Crippen molar-refractivity contribution < 1.29 is 8.78 Å². The molecule has 3 aromatic heterocycles. The molecule has 0 saturated heterocycles. The van der Waals surface area contributed by atoms with Crippen LogP contribution in [0.1, 0.15) is 17.0 Å². The number of pyridine rings is 1. The lowest BCUT2D eigenvalue weighted by Crippen LogP contribution is -2.25. The Hall–Kier alpha value is -3.63. The van der Waals surface area contributed by atoms with Gasteiger partial charge in [-0.15, -0.1) is 5.10 Å². The van der Waals surface area contributed by atoms with Crippen molar-refractivity contribution in [2.24, 2.45) is 14.1 Å². The number of anilines is 2. The molecule has 0 spiro atoms. The minimum atomic E-state index is -0.636. The Kier molecular flexibility index (Phi) is 5.25. The van der Waals surface area contributed by atoms with E-state index < -0.39 is 11.6 Å². The second kappa shape index (κ2) is 7.89. The topological polar surface area (TPSA) is 80.8 Å². The molecule has 1 aromatic carbocycles. The molecule has 0 saturated carbocycles. The molecule has 31 heavy (non-hydrogen) atoms. The first-order valence-corrected chi connectivity index (χ1v) is 9.65. The van der Waals surface area contributed by atoms with Crippen LogP contribution in [0.2, 0.25) is 0 Å². The highest BCUT2D eigenvalue weighted by Crippen LogP contribution is 2.26. The van der Waals surface area contributed by atoms with E-state index in [2.05, 4.69) is 20.4 Å². The molecule has 0 atom stereocenters. The Bertz CT molecular complexity index is 1220. The molecule has 0 N–H and O–H groups in total. The first kappa shape index (κ1) is 20.6. The first-order chi connectivity index (χ1) is 14.7. The quantitative estimate of drug-likeness (QED) is 0.467. The predicted molar refractivity (Wildman–Crippen MR) is 113 cm³/mol. The highest BCUT2D eigenvalue weighted by Gasteiger charge is 2.20. The van der Waals surface area contributed by atoms with Gasteiger partial charge in [0.25, 0.3) is 5.95 Å². The minimum Gasteiger partial charge on any atom is -0.362 e. The zero-order chi connectivity index (χ0) is 22.3. The summed E-state index contributed by atoms with van der Waals surface area (Å²) in [5.41, 5.74) is 2.88. The van der Waals surface area contributed by atoms with E-state index >= 15 is 0 Å². The van der Waals surface area contributed by atoms with Gasteiger partial charge in [0.2, 0.25) is 0 Å². The molecule has 9 nitrogen and oxygen atoms in total. The van der Waals surface area contributed by atoms with Crippen LogP contribution >= 0.6 is 0 Å². The lowest BCUT2D eigenvalue weighted by Gasteiger charge is -2.24. The Morgan fingerprint density at radius 3 is 2.29 bits per heavy atom. The number of halogens is 2. The fraction of sp³-hybridized carbons (Fsp3) is 0.350. The molecule has 0 bridgehead atoms. The minimum absolute atomic E-state index is 0.187. The second-order valence-corrected chi connectivity index (χ2v) is 7.64. The maximum Gasteiger partial charge on any atom is 0.266 e. The molecule has 3 heterocycles. The van der Waals surface area contributed by atoms with E-state index in [1.165, 1.54) is 16.9 Å². The summed E-state index contributed by atoms with van der Waals surface area (Å²) >= 11 is 0. The van der Waals surface area contributed by atoms with Crippen LogP contribution in [-0.4, -0.2) is 48.8 Å². The van der Waals surface area contributed by atoms with E-state index in [0.29, 0.717) is 18.1 Å². The third-order valence-electron chi connectivity index (χ3n) is 4.99. The third-order valence-corrected chi connectivity index (χ3v) is 4.99. The van der Waals surface area contributed by atoms with Gasteiger partial charge in [-0.1, -0.05) is 5.10 Å². The highest BCUT2D eigenvalue weighted by molar-refractivity contribution is 5.76. The van der Waals surface area contributed by atoms with E-state index in [9.17, 15) is 8.78 Å². The Morgan fingerprint density at radius 1 is 0.968 bits per heavy atom. The van der Waals surface area contributed by atoms with Gasteiger partial charge in [0, 0.05) is 39.3 Å². The van der Waals surface area contributed by atoms with Crippen LogP contribution in [0, 0.1) is 18.6 Å². The van der Waals surface area contributed by atoms with Crippen molar-refractivity contribution in [3.8, 4) is 0 Å². The zero-order valence-corrected chi connectivity index (χ0v) is 18.0. The maximum atomic E-state index is 13.8. The van der Waals surface area contributed by atoms with Gasteiger partial charge in [0.05, 0.1) is 13.6 Å². The van der Waals surface area contributed by atoms with Crippen molar-refractivity contribution in [2.75, 3.05) is 23.9 Å². The van der Waals surface area contributed by atoms with Gasteiger partial charge in [0.15, 0.2) is 5.65 Å². The summed E-state index contributed by atoms with van der Waals surface area (Å²) < 4.78 is 29.5. The summed E-state index contributed by atoms with van der Waals surface area (Å²) in [6, 6.07) is 5.41. The molecule has 0 fully saturated rings. The van der Waals surface area contributed by atoms with Gasteiger partial charge >= 0.3 is 0 Å². The van der Waals surface area contributed by atoms with Crippen LogP contribution in [0.15, 0.2) is 24.3 Å². The van der Waals surface area contributed by atoms with Crippen LogP contribution in [0.5, 0.6) is 0 Å². The average molecular weight is 427 g/mol. The van der Waals surface area contributed by atoms with Gasteiger partial charge in [-0.3, -0.25) is 0 Å². The van der Waals surface area contributed by atoms with E-state index in [1.54, 1.807) is 11.9 Å². The van der Waals surface area contributed by atoms with Crippen LogP contribution in [-0.2, 0) is 27.2 Å². The summed E-state index contributed by atoms with van der Waals surface area (Å²) in [4.78, 5) is 14.4. The molecule has 0 unspecified atom stereocenters. The monoisotopic (exact) mass is 427 g/mol. The van der Waals surface area contributed by atoms with Gasteiger partial charge in [-0.2, -0.15) is 4.80 Å². The number of fused-ring (bicyclic) bond motifs is 1. The van der Waals surface area contributed by atoms with Crippen molar-refractivity contribution >= 4 is 22.9 Å². The number of hydrogen-bond acceptors (Lipinski definition) is 7. The van der Waals surface area contributed by atoms with E-state index in [1.807, 2.05) is 43.6 Å². The van der Waals surface area contributed by atoms with Gasteiger partial charge in [-0.25, -0.2) is 18.7 Å². The Labute approximate surface area is 177 Å². The molecule has 0 aliphatic heterocycles. The molecule has 4 rings (SSSR count). The summed E-state index contributed by atoms with van der Waals surface area (Å²) in [5, 5.41) is 12.3. The number of aromatic nitrogens is 7. The largest absolute Gasteiger partial charge is 0.362 e. The maximum absolute atomic E-state index is 13.8. The highest BCUT2D eigenvalue weighted by atomic mass is 19.1. The van der Waals surface area contributed by atoms with E-state index in [-0.39, 0.29) is 6.54 Å². The van der Waals surface area contributed by atoms with Gasteiger partial charge in [0.1, 0.15) is 28.8 Å². The molecule has 162 valence electrons. The second-order valence-electron chi connectivity index (χ2n) is 7.64. The number of hydrogen-bond donors (Lipinski definition) is 0. The lowest BCUT2D eigenvalue weighted by atomic mass is 10.1. The summed E-state index contributed by atoms with van der Waals surface area (Å²) in [5.74, 6) is 0.683. The molecule has 11 heteroatoms. The van der Waals surface area contributed by atoms with E-state index in [0.717, 1.165) is 34.4 Å². The van der Waals surface area contributed by atoms with Crippen LogP contribution in [0.3, 0.4) is 0 Å². The molecule has 4 aromatic rings. The van der Waals surface area contributed by atoms with Crippen LogP contribution in [0.4, 0.5) is 20.5 Å². The Balaban J connectivity index is 1.77. The van der Waals surface area contributed by atoms with Crippen molar-refractivity contribution in [1.82, 2.24) is 34.7 Å². The predicted octanol–water partition coefficient (Wildman–Crippen LogP) is 2.35. The number of imidazole rings is 1. The molecular formula is C20H23F2N9. The molecule has 0 amide bonds. The molecule has 0 radical (unpaired) electrons. The summed E-state index contributed by atoms with van der Waals surface area (Å²) in [7, 11) is 7.40. The first-order valence-electron chi connectivity index (χ1n) is 9.65. The number of tetrazole rings is 1. The van der Waals surface area contributed by atoms with Crippen molar-refractivity contribution in [2.45, 2.75) is 20.0 Å². The Morgan fingerprint density at radius 2 is 1.68 bits per heavy atom. The third kappa shape index (κ3) is 4.16. The number of aryl methyl sites for hydroxylation is 3. The standard InChI is InChI=1S/C20H23F2N9/c1-12-23-17-8-14(18(28(2)3)24-19(17)29(12)4)11-31(20-25-27-30(5)26-20)10-13-6-15(21)9-16(22)7-13/h6-9H,10-11H2,1-5H3. The van der Waals surface area contributed by atoms with Gasteiger partial charge in [-0.05, 0) is 35.9 Å². The smallest absolute Gasteiger partial charge is 0.266 e. The average Bonchev–Trinajstić information content (AvgIpc) is 3.23. The lowest BCUT2D eigenvalue weighted by molar-refractivity contribution is 0.578. The number of benzene rings is 1. The zero-order valence-electron chi connectivity index (χ0n) is 18.0. The fourth-order valence-corrected chi connectivity index (χ4v) is 3.48. The molecular weight excluding hydrogens is 404 g/mol. The van der Waals surface area contributed by atoms with Crippen molar-refractivity contribution in [1.29, 1.82) is 0 Å². The molecule has 0 aliphatic carbocycles. The normalized spacial score (nSPS) is 11.3. The number of nitrogens with zero attached hydrogens (tertiary/aromatic N) is 9. The SMILES string of the molecule is Cc1nc2cc(CN(Cc3cc(F)cc(F)c3)c3nnn(C)n3)c(N(C)C)nc2n1C. The number of rotatable bonds is 6. The van der Waals surface area contributed by atoms with Crippen molar-refractivity contribution in [3.63, 3.8) is 0 Å². The summed E-state index contributed by atoms with van der Waals surface area (Å²) in [6.07, 6.45) is 0. The molecule has 0 aliphatic rings. The fourth-order valence-electron chi connectivity index (χ4n) is 3.48.